The third kappa shape index (κ3) is 4.03. The second-order valence-corrected chi connectivity index (χ2v) is 5.39. The monoisotopic (exact) mass is 351 g/mol. The van der Waals surface area contributed by atoms with E-state index in [1.165, 1.54) is 31.4 Å². The lowest BCUT2D eigenvalue weighted by Crippen LogP contribution is -2.33. The summed E-state index contributed by atoms with van der Waals surface area (Å²) in [5.74, 6) is -1.62. The first-order chi connectivity index (χ1) is 12.0. The zero-order valence-corrected chi connectivity index (χ0v) is 14.1. The minimum absolute atomic E-state index is 0.0217. The van der Waals surface area contributed by atoms with Crippen molar-refractivity contribution in [2.75, 3.05) is 25.9 Å². The fraction of sp³-hybridized carbons (Fsp3) is 0.412. The van der Waals surface area contributed by atoms with Crippen LogP contribution in [0.3, 0.4) is 0 Å². The second-order valence-electron chi connectivity index (χ2n) is 5.39. The quantitative estimate of drug-likeness (QED) is 0.559. The van der Waals surface area contributed by atoms with Gasteiger partial charge in [0.25, 0.3) is 5.76 Å². The smallest absolute Gasteiger partial charge is 0.377 e. The van der Waals surface area contributed by atoms with Crippen LogP contribution in [0.4, 0.5) is 5.69 Å². The first kappa shape index (κ1) is 18.6. The molecule has 1 heterocycles. The summed E-state index contributed by atoms with van der Waals surface area (Å²) >= 11 is 0. The molecular weight excluding hydrogens is 330 g/mol. The van der Waals surface area contributed by atoms with Crippen LogP contribution < -0.4 is 5.06 Å². The van der Waals surface area contributed by atoms with Gasteiger partial charge in [-0.15, -0.1) is 0 Å². The number of unbranched alkanes of at least 4 members (excludes halogenated alkanes) is 1. The van der Waals surface area contributed by atoms with Crippen molar-refractivity contribution in [3.8, 4) is 5.75 Å². The molecule has 0 unspecified atom stereocenters. The third-order valence-electron chi connectivity index (χ3n) is 3.82. The molecule has 0 saturated carbocycles. The SMILES string of the molecule is COC(=O)C1=C(C(=O)OC)[C@@H](CCCCO)N(c2ccc(O)cc2)O1. The molecule has 1 aliphatic heterocycles. The highest BCUT2D eigenvalue weighted by atomic mass is 16.7. The molecule has 1 aromatic carbocycles. The fourth-order valence-electron chi connectivity index (χ4n) is 2.60. The number of rotatable bonds is 7. The molecule has 2 N–H and O–H groups in total. The molecule has 0 amide bonds. The Bertz CT molecular complexity index is 653. The average Bonchev–Trinajstić information content (AvgIpc) is 3.00. The van der Waals surface area contributed by atoms with E-state index >= 15 is 0 Å². The number of carbonyl (C=O) groups is 2. The van der Waals surface area contributed by atoms with Crippen molar-refractivity contribution < 1.29 is 34.1 Å². The number of phenolic OH excluding ortho intramolecular Hbond substituents is 1. The van der Waals surface area contributed by atoms with Gasteiger partial charge in [0.1, 0.15) is 17.4 Å². The summed E-state index contributed by atoms with van der Waals surface area (Å²) in [6, 6.07) is 5.56. The van der Waals surface area contributed by atoms with Crippen LogP contribution in [0.1, 0.15) is 19.3 Å². The number of benzene rings is 1. The molecule has 0 bridgehead atoms. The Hall–Kier alpha value is -2.74. The summed E-state index contributed by atoms with van der Waals surface area (Å²) in [5, 5.41) is 19.9. The Labute approximate surface area is 145 Å². The molecular formula is C17H21NO7. The van der Waals surface area contributed by atoms with Gasteiger partial charge in [-0.25, -0.2) is 14.7 Å². The molecule has 1 aliphatic rings. The van der Waals surface area contributed by atoms with Crippen LogP contribution in [0.25, 0.3) is 0 Å². The molecule has 0 aromatic heterocycles. The minimum atomic E-state index is -0.783. The molecule has 0 fully saturated rings. The van der Waals surface area contributed by atoms with Crippen molar-refractivity contribution in [2.45, 2.75) is 25.3 Å². The molecule has 8 nitrogen and oxygen atoms in total. The van der Waals surface area contributed by atoms with Crippen molar-refractivity contribution in [3.63, 3.8) is 0 Å². The van der Waals surface area contributed by atoms with Gasteiger partial charge in [-0.2, -0.15) is 0 Å². The van der Waals surface area contributed by atoms with Crippen LogP contribution in [0.2, 0.25) is 0 Å². The molecule has 1 atom stereocenters. The topological polar surface area (TPSA) is 106 Å². The van der Waals surface area contributed by atoms with Gasteiger partial charge in [0.15, 0.2) is 0 Å². The van der Waals surface area contributed by atoms with Gasteiger partial charge in [-0.1, -0.05) is 0 Å². The number of methoxy groups -OCH3 is 2. The van der Waals surface area contributed by atoms with Crippen molar-refractivity contribution in [1.82, 2.24) is 0 Å². The van der Waals surface area contributed by atoms with Crippen LogP contribution >= 0.6 is 0 Å². The Morgan fingerprint density at radius 3 is 2.32 bits per heavy atom. The standard InChI is InChI=1S/C17H21NO7/c1-23-16(21)14-13(5-3-4-10-19)18(25-15(14)17(22)24-2)11-6-8-12(20)9-7-11/h6-9,13,19-20H,3-5,10H2,1-2H3/t13-/m1/s1. The Morgan fingerprint density at radius 1 is 1.12 bits per heavy atom. The highest BCUT2D eigenvalue weighted by molar-refractivity contribution is 6.01. The fourth-order valence-corrected chi connectivity index (χ4v) is 2.60. The lowest BCUT2D eigenvalue weighted by molar-refractivity contribution is -0.141. The lowest BCUT2D eigenvalue weighted by Gasteiger charge is -2.26. The van der Waals surface area contributed by atoms with Crippen LogP contribution in [-0.2, 0) is 23.9 Å². The number of nitrogens with zero attached hydrogens (tertiary/aromatic N) is 1. The number of hydrogen-bond donors (Lipinski definition) is 2. The van der Waals surface area contributed by atoms with E-state index in [1.54, 1.807) is 12.1 Å². The summed E-state index contributed by atoms with van der Waals surface area (Å²) in [6.07, 6.45) is 1.60. The first-order valence-corrected chi connectivity index (χ1v) is 7.81. The minimum Gasteiger partial charge on any atom is -0.508 e. The van der Waals surface area contributed by atoms with Crippen LogP contribution in [0.5, 0.6) is 5.75 Å². The highest BCUT2D eigenvalue weighted by Gasteiger charge is 2.43. The predicted octanol–water partition coefficient (Wildman–Crippen LogP) is 1.28. The number of hydroxylamine groups is 1. The van der Waals surface area contributed by atoms with Gasteiger partial charge in [0.2, 0.25) is 0 Å². The van der Waals surface area contributed by atoms with E-state index in [0.717, 1.165) is 0 Å². The van der Waals surface area contributed by atoms with E-state index in [2.05, 4.69) is 0 Å². The lowest BCUT2D eigenvalue weighted by atomic mass is 9.99. The van der Waals surface area contributed by atoms with Gasteiger partial charge in [-0.05, 0) is 43.5 Å². The van der Waals surface area contributed by atoms with Gasteiger partial charge in [0.05, 0.1) is 19.9 Å². The third-order valence-corrected chi connectivity index (χ3v) is 3.82. The van der Waals surface area contributed by atoms with E-state index in [-0.39, 0.29) is 23.7 Å². The predicted molar refractivity (Wildman–Crippen MR) is 87.5 cm³/mol. The number of aliphatic hydroxyl groups is 1. The van der Waals surface area contributed by atoms with E-state index in [0.29, 0.717) is 24.9 Å². The number of phenols is 1. The number of hydrogen-bond acceptors (Lipinski definition) is 8. The molecule has 0 saturated heterocycles. The maximum absolute atomic E-state index is 12.2. The van der Waals surface area contributed by atoms with E-state index in [4.69, 9.17) is 19.4 Å². The van der Waals surface area contributed by atoms with Gasteiger partial charge < -0.3 is 24.5 Å². The Balaban J connectivity index is 2.41. The van der Waals surface area contributed by atoms with Crippen LogP contribution in [0, 0.1) is 0 Å². The zero-order chi connectivity index (χ0) is 18.4. The number of aliphatic hydroxyl groups excluding tert-OH is 1. The molecule has 8 heteroatoms. The van der Waals surface area contributed by atoms with Gasteiger partial charge in [0, 0.05) is 6.61 Å². The van der Waals surface area contributed by atoms with E-state index < -0.39 is 18.0 Å². The maximum Gasteiger partial charge on any atom is 0.377 e. The van der Waals surface area contributed by atoms with Crippen molar-refractivity contribution in [1.29, 1.82) is 0 Å². The number of carbonyl (C=O) groups excluding carboxylic acids is 2. The number of esters is 2. The summed E-state index contributed by atoms with van der Waals surface area (Å²) in [6.45, 7) is 0.0217. The molecule has 2 rings (SSSR count). The molecule has 25 heavy (non-hydrogen) atoms. The van der Waals surface area contributed by atoms with Crippen molar-refractivity contribution >= 4 is 17.6 Å². The van der Waals surface area contributed by atoms with E-state index in [9.17, 15) is 14.7 Å². The molecule has 136 valence electrons. The molecule has 0 radical (unpaired) electrons. The van der Waals surface area contributed by atoms with Crippen LogP contribution in [0.15, 0.2) is 35.6 Å². The number of aromatic hydroxyl groups is 1. The number of ether oxygens (including phenoxy) is 2. The van der Waals surface area contributed by atoms with Crippen LogP contribution in [-0.4, -0.2) is 49.0 Å². The Morgan fingerprint density at radius 2 is 1.76 bits per heavy atom. The summed E-state index contributed by atoms with van der Waals surface area (Å²) in [7, 11) is 2.41. The normalized spacial score (nSPS) is 16.6. The van der Waals surface area contributed by atoms with Gasteiger partial charge in [-0.3, -0.25) is 0 Å². The molecule has 1 aromatic rings. The first-order valence-electron chi connectivity index (χ1n) is 7.81. The maximum atomic E-state index is 12.2. The average molecular weight is 351 g/mol. The summed E-state index contributed by atoms with van der Waals surface area (Å²) < 4.78 is 9.50. The van der Waals surface area contributed by atoms with Gasteiger partial charge >= 0.3 is 11.9 Å². The summed E-state index contributed by atoms with van der Waals surface area (Å²) in [5.41, 5.74) is 0.618. The highest BCUT2D eigenvalue weighted by Crippen LogP contribution is 2.35. The van der Waals surface area contributed by atoms with Crippen molar-refractivity contribution in [2.24, 2.45) is 0 Å². The molecule has 0 aliphatic carbocycles. The molecule has 0 spiro atoms. The second kappa shape index (κ2) is 8.39. The number of anilines is 1. The Kier molecular flexibility index (Phi) is 6.24. The van der Waals surface area contributed by atoms with E-state index in [1.807, 2.05) is 0 Å². The largest absolute Gasteiger partial charge is 0.508 e. The summed E-state index contributed by atoms with van der Waals surface area (Å²) in [4.78, 5) is 29.9. The van der Waals surface area contributed by atoms with Crippen molar-refractivity contribution in [3.05, 3.63) is 35.6 Å². The zero-order valence-electron chi connectivity index (χ0n) is 14.1.